The van der Waals surface area contributed by atoms with E-state index in [1.165, 1.54) is 0 Å². The molecule has 2 atom stereocenters. The predicted octanol–water partition coefficient (Wildman–Crippen LogP) is 0.183. The first-order valence-corrected chi connectivity index (χ1v) is 3.03. The Bertz CT molecular complexity index is 92.5. The van der Waals surface area contributed by atoms with Gasteiger partial charge in [0.1, 0.15) is 6.29 Å². The largest absolute Gasteiger partial charge is 0.307 e. The van der Waals surface area contributed by atoms with E-state index in [0.717, 1.165) is 19.3 Å². The van der Waals surface area contributed by atoms with Crippen molar-refractivity contribution >= 4 is 6.29 Å². The number of nitrogens with one attached hydrogen (secondary N) is 1. The van der Waals surface area contributed by atoms with Crippen LogP contribution in [0, 0.1) is 5.92 Å². The van der Waals surface area contributed by atoms with Crippen LogP contribution in [0.3, 0.4) is 0 Å². The number of hydrogen-bond donors (Lipinski definition) is 1. The van der Waals surface area contributed by atoms with Crippen molar-refractivity contribution in [3.05, 3.63) is 0 Å². The molecule has 1 N–H and O–H groups in total. The summed E-state index contributed by atoms with van der Waals surface area (Å²) in [7, 11) is 0. The van der Waals surface area contributed by atoms with Gasteiger partial charge in [-0.1, -0.05) is 6.92 Å². The number of carbonyl (C=O) groups excluding carboxylic acids is 1. The Labute approximate surface area is 49.3 Å². The van der Waals surface area contributed by atoms with E-state index in [1.54, 1.807) is 0 Å². The maximum Gasteiger partial charge on any atom is 0.137 e. The van der Waals surface area contributed by atoms with Crippen molar-refractivity contribution in [1.29, 1.82) is 0 Å². The Morgan fingerprint density at radius 1 is 1.75 bits per heavy atom. The third-order valence-corrected chi connectivity index (χ3v) is 1.74. The Balaban J connectivity index is 2.41. The van der Waals surface area contributed by atoms with Gasteiger partial charge in [0.25, 0.3) is 0 Å². The molecule has 0 aromatic rings. The van der Waals surface area contributed by atoms with Crippen LogP contribution in [0.2, 0.25) is 0 Å². The molecule has 1 aliphatic rings. The highest BCUT2D eigenvalue weighted by Gasteiger charge is 2.20. The van der Waals surface area contributed by atoms with Crippen molar-refractivity contribution in [2.24, 2.45) is 5.92 Å². The van der Waals surface area contributed by atoms with Gasteiger partial charge in [-0.05, 0) is 18.9 Å². The highest BCUT2D eigenvalue weighted by atomic mass is 16.1. The summed E-state index contributed by atoms with van der Waals surface area (Å²) in [5.41, 5.74) is 0. The van der Waals surface area contributed by atoms with Crippen LogP contribution in [0.25, 0.3) is 0 Å². The third kappa shape index (κ3) is 0.892. The van der Waals surface area contributed by atoms with Crippen molar-refractivity contribution < 1.29 is 4.79 Å². The Morgan fingerprint density at radius 2 is 2.50 bits per heavy atom. The number of aldehydes is 1. The molecule has 1 fully saturated rings. The second-order valence-electron chi connectivity index (χ2n) is 2.38. The van der Waals surface area contributed by atoms with Gasteiger partial charge in [0.05, 0.1) is 6.04 Å². The standard InChI is InChI=1S/C6H11NO/c1-5-2-3-7-6(5)4-8/h4-7H,2-3H2,1H3/t5-,6+/m1/s1. The van der Waals surface area contributed by atoms with E-state index in [2.05, 4.69) is 12.2 Å². The molecule has 0 saturated carbocycles. The Morgan fingerprint density at radius 3 is 2.75 bits per heavy atom. The van der Waals surface area contributed by atoms with E-state index in [1.807, 2.05) is 0 Å². The van der Waals surface area contributed by atoms with E-state index in [-0.39, 0.29) is 6.04 Å². The van der Waals surface area contributed by atoms with E-state index < -0.39 is 0 Å². The molecular weight excluding hydrogens is 102 g/mol. The third-order valence-electron chi connectivity index (χ3n) is 1.74. The van der Waals surface area contributed by atoms with E-state index in [0.29, 0.717) is 5.92 Å². The molecule has 0 aromatic heterocycles. The first-order chi connectivity index (χ1) is 3.84. The molecule has 0 bridgehead atoms. The fourth-order valence-electron chi connectivity index (χ4n) is 1.04. The average molecular weight is 113 g/mol. The van der Waals surface area contributed by atoms with Crippen molar-refractivity contribution in [3.63, 3.8) is 0 Å². The first-order valence-electron chi connectivity index (χ1n) is 3.03. The molecule has 0 amide bonds. The fourth-order valence-corrected chi connectivity index (χ4v) is 1.04. The lowest BCUT2D eigenvalue weighted by molar-refractivity contribution is -0.109. The summed E-state index contributed by atoms with van der Waals surface area (Å²) in [5.74, 6) is 0.549. The maximum atomic E-state index is 10.2. The second kappa shape index (κ2) is 2.27. The summed E-state index contributed by atoms with van der Waals surface area (Å²) in [5, 5.41) is 3.09. The number of hydrogen-bond acceptors (Lipinski definition) is 2. The number of carbonyl (C=O) groups is 1. The molecule has 0 aromatic carbocycles. The molecular formula is C6H11NO. The molecule has 46 valence electrons. The molecule has 1 rings (SSSR count). The van der Waals surface area contributed by atoms with Crippen molar-refractivity contribution in [2.75, 3.05) is 6.54 Å². The zero-order valence-corrected chi connectivity index (χ0v) is 5.05. The topological polar surface area (TPSA) is 29.1 Å². The lowest BCUT2D eigenvalue weighted by Crippen LogP contribution is -2.26. The van der Waals surface area contributed by atoms with Gasteiger partial charge in [-0.3, -0.25) is 0 Å². The van der Waals surface area contributed by atoms with E-state index in [4.69, 9.17) is 0 Å². The lowest BCUT2D eigenvalue weighted by Gasteiger charge is -2.04. The SMILES string of the molecule is C[C@@H]1CCN[C@H]1C=O. The average Bonchev–Trinajstić information content (AvgIpc) is 2.14. The summed E-state index contributed by atoms with van der Waals surface area (Å²) in [6.07, 6.45) is 2.14. The highest BCUT2D eigenvalue weighted by Crippen LogP contribution is 2.11. The molecule has 2 heteroatoms. The van der Waals surface area contributed by atoms with Crippen LogP contribution in [0.1, 0.15) is 13.3 Å². The van der Waals surface area contributed by atoms with Crippen LogP contribution in [0.4, 0.5) is 0 Å². The van der Waals surface area contributed by atoms with Gasteiger partial charge in [-0.25, -0.2) is 0 Å². The van der Waals surface area contributed by atoms with Crippen LogP contribution in [-0.2, 0) is 4.79 Å². The minimum Gasteiger partial charge on any atom is -0.307 e. The smallest absolute Gasteiger partial charge is 0.137 e. The zero-order valence-electron chi connectivity index (χ0n) is 5.05. The van der Waals surface area contributed by atoms with Crippen LogP contribution >= 0.6 is 0 Å². The quantitative estimate of drug-likeness (QED) is 0.491. The fraction of sp³-hybridized carbons (Fsp3) is 0.833. The normalized spacial score (nSPS) is 37.6. The van der Waals surface area contributed by atoms with Gasteiger partial charge in [-0.15, -0.1) is 0 Å². The highest BCUT2D eigenvalue weighted by molar-refractivity contribution is 5.58. The molecule has 1 heterocycles. The van der Waals surface area contributed by atoms with Crippen molar-refractivity contribution in [3.8, 4) is 0 Å². The molecule has 0 unspecified atom stereocenters. The molecule has 0 aliphatic carbocycles. The van der Waals surface area contributed by atoms with Gasteiger partial charge in [0, 0.05) is 0 Å². The summed E-state index contributed by atoms with van der Waals surface area (Å²) >= 11 is 0. The van der Waals surface area contributed by atoms with Crippen LogP contribution in [0.15, 0.2) is 0 Å². The van der Waals surface area contributed by atoms with Crippen LogP contribution in [-0.4, -0.2) is 18.9 Å². The summed E-state index contributed by atoms with van der Waals surface area (Å²) < 4.78 is 0. The van der Waals surface area contributed by atoms with Gasteiger partial charge in [0.2, 0.25) is 0 Å². The minimum absolute atomic E-state index is 0.134. The van der Waals surface area contributed by atoms with Crippen molar-refractivity contribution in [1.82, 2.24) is 5.32 Å². The Hall–Kier alpha value is -0.370. The monoisotopic (exact) mass is 113 g/mol. The Kier molecular flexibility index (Phi) is 1.63. The molecule has 0 radical (unpaired) electrons. The molecule has 2 nitrogen and oxygen atoms in total. The number of rotatable bonds is 1. The van der Waals surface area contributed by atoms with Crippen LogP contribution < -0.4 is 5.32 Å². The first kappa shape index (κ1) is 5.76. The molecule has 0 spiro atoms. The van der Waals surface area contributed by atoms with Crippen molar-refractivity contribution in [2.45, 2.75) is 19.4 Å². The second-order valence-corrected chi connectivity index (χ2v) is 2.38. The summed E-state index contributed by atoms with van der Waals surface area (Å²) in [4.78, 5) is 10.2. The van der Waals surface area contributed by atoms with E-state index in [9.17, 15) is 4.79 Å². The minimum atomic E-state index is 0.134. The van der Waals surface area contributed by atoms with Crippen LogP contribution in [0.5, 0.6) is 0 Å². The lowest BCUT2D eigenvalue weighted by atomic mass is 10.1. The van der Waals surface area contributed by atoms with E-state index >= 15 is 0 Å². The molecule has 8 heavy (non-hydrogen) atoms. The van der Waals surface area contributed by atoms with Gasteiger partial charge in [-0.2, -0.15) is 0 Å². The maximum absolute atomic E-state index is 10.2. The van der Waals surface area contributed by atoms with Gasteiger partial charge < -0.3 is 10.1 Å². The van der Waals surface area contributed by atoms with Gasteiger partial charge >= 0.3 is 0 Å². The zero-order chi connectivity index (χ0) is 5.98. The molecule has 1 saturated heterocycles. The summed E-state index contributed by atoms with van der Waals surface area (Å²) in [6, 6.07) is 0.134. The predicted molar refractivity (Wildman–Crippen MR) is 31.6 cm³/mol. The summed E-state index contributed by atoms with van der Waals surface area (Å²) in [6.45, 7) is 3.10. The molecule has 1 aliphatic heterocycles. The van der Waals surface area contributed by atoms with Gasteiger partial charge in [0.15, 0.2) is 0 Å².